The van der Waals surface area contributed by atoms with Gasteiger partial charge in [-0.15, -0.1) is 0 Å². The van der Waals surface area contributed by atoms with Gasteiger partial charge in [-0.05, 0) is 42.7 Å². The van der Waals surface area contributed by atoms with Gasteiger partial charge in [0.05, 0.1) is 16.0 Å². The van der Waals surface area contributed by atoms with Crippen molar-refractivity contribution in [2.75, 3.05) is 0 Å². The van der Waals surface area contributed by atoms with Crippen LogP contribution in [0.15, 0.2) is 46.5 Å². The average molecular weight is 371 g/mol. The third kappa shape index (κ3) is 2.17. The van der Waals surface area contributed by atoms with Crippen LogP contribution >= 0.6 is 0 Å². The summed E-state index contributed by atoms with van der Waals surface area (Å²) in [6.45, 7) is 0. The van der Waals surface area contributed by atoms with E-state index >= 15 is 0 Å². The van der Waals surface area contributed by atoms with Crippen molar-refractivity contribution in [2.45, 2.75) is 41.1 Å². The highest BCUT2D eigenvalue weighted by molar-refractivity contribution is 7.91. The summed E-state index contributed by atoms with van der Waals surface area (Å²) in [4.78, 5) is 3.72. The van der Waals surface area contributed by atoms with Crippen LogP contribution in [-0.4, -0.2) is 24.0 Å². The van der Waals surface area contributed by atoms with E-state index < -0.39 is 15.7 Å². The van der Waals surface area contributed by atoms with Gasteiger partial charge in [0.25, 0.3) is 0 Å². The topological polar surface area (TPSA) is 64.0 Å². The van der Waals surface area contributed by atoms with Crippen LogP contribution in [0.5, 0.6) is 0 Å². The Morgan fingerprint density at radius 3 is 2.85 bits per heavy atom. The Labute approximate surface area is 150 Å². The fourth-order valence-corrected chi connectivity index (χ4v) is 5.68. The summed E-state index contributed by atoms with van der Waals surface area (Å²) in [7, 11) is -1.78. The second-order valence-electron chi connectivity index (χ2n) is 7.14. The highest BCUT2D eigenvalue weighted by Gasteiger charge is 2.36. The van der Waals surface area contributed by atoms with E-state index in [2.05, 4.69) is 14.9 Å². The number of halogens is 1. The molecule has 0 radical (unpaired) electrons. The first-order valence-electron chi connectivity index (χ1n) is 8.68. The summed E-state index contributed by atoms with van der Waals surface area (Å²) in [5.41, 5.74) is 3.53. The van der Waals surface area contributed by atoms with E-state index in [1.165, 1.54) is 17.5 Å². The molecule has 1 N–H and O–H groups in total. The lowest BCUT2D eigenvalue weighted by molar-refractivity contribution is 0.503. The van der Waals surface area contributed by atoms with Crippen LogP contribution in [-0.2, 0) is 23.3 Å². The molecule has 1 saturated heterocycles. The number of nitrogens with one attached hydrogen (secondary N) is 1. The van der Waals surface area contributed by atoms with Gasteiger partial charge in [0, 0.05) is 48.3 Å². The lowest BCUT2D eigenvalue weighted by atomic mass is 9.99. The Morgan fingerprint density at radius 2 is 2.04 bits per heavy atom. The molecule has 0 aliphatic carbocycles. The van der Waals surface area contributed by atoms with Crippen molar-refractivity contribution in [1.29, 1.82) is 0 Å². The molecule has 0 amide bonds. The standard InChI is InChI=1S/C19H18FN3O2S/c1-23-17-5-3-13(26(24,25)14-6-11(20)9-21-10-14)8-15(17)19-16-4-2-12(22-16)7-18(19)23/h3,5-6,8-10,12,16,22H,2,4,7H2,1H3. The zero-order valence-electron chi connectivity index (χ0n) is 14.2. The van der Waals surface area contributed by atoms with Crippen molar-refractivity contribution in [3.8, 4) is 0 Å². The number of sulfone groups is 1. The first-order chi connectivity index (χ1) is 12.4. The Hall–Kier alpha value is -2.25. The average Bonchev–Trinajstić information content (AvgIpc) is 3.14. The van der Waals surface area contributed by atoms with Crippen LogP contribution in [0.4, 0.5) is 4.39 Å². The lowest BCUT2D eigenvalue weighted by Gasteiger charge is -2.23. The molecule has 5 nitrogen and oxygen atoms in total. The molecule has 26 heavy (non-hydrogen) atoms. The van der Waals surface area contributed by atoms with E-state index in [4.69, 9.17) is 0 Å². The molecule has 1 fully saturated rings. The zero-order valence-corrected chi connectivity index (χ0v) is 15.1. The molecule has 2 aliphatic rings. The Kier molecular flexibility index (Phi) is 3.30. The van der Waals surface area contributed by atoms with Crippen molar-refractivity contribution in [3.63, 3.8) is 0 Å². The third-order valence-electron chi connectivity index (χ3n) is 5.66. The number of aromatic nitrogens is 2. The first-order valence-corrected chi connectivity index (χ1v) is 10.2. The molecule has 7 heteroatoms. The number of fused-ring (bicyclic) bond motifs is 6. The SMILES string of the molecule is Cn1c2c(c3cc(S(=O)(=O)c4cncc(F)c4)ccc31)C1CCC(C2)N1. The van der Waals surface area contributed by atoms with Gasteiger partial charge >= 0.3 is 0 Å². The van der Waals surface area contributed by atoms with Gasteiger partial charge in [0.1, 0.15) is 5.82 Å². The molecule has 2 aliphatic heterocycles. The first kappa shape index (κ1) is 16.0. The summed E-state index contributed by atoms with van der Waals surface area (Å²) >= 11 is 0. The molecule has 2 unspecified atom stereocenters. The van der Waals surface area contributed by atoms with Crippen molar-refractivity contribution in [2.24, 2.45) is 7.05 Å². The van der Waals surface area contributed by atoms with Crippen LogP contribution in [0.25, 0.3) is 10.9 Å². The molecule has 2 bridgehead atoms. The summed E-state index contributed by atoms with van der Waals surface area (Å²) in [6, 6.07) is 6.98. The zero-order chi connectivity index (χ0) is 18.1. The van der Waals surface area contributed by atoms with Gasteiger partial charge < -0.3 is 9.88 Å². The molecule has 0 saturated carbocycles. The highest BCUT2D eigenvalue weighted by atomic mass is 32.2. The van der Waals surface area contributed by atoms with E-state index in [0.29, 0.717) is 6.04 Å². The second-order valence-corrected chi connectivity index (χ2v) is 9.09. The molecule has 1 aromatic carbocycles. The maximum atomic E-state index is 13.5. The van der Waals surface area contributed by atoms with Gasteiger partial charge in [-0.25, -0.2) is 12.8 Å². The minimum absolute atomic E-state index is 0.124. The van der Waals surface area contributed by atoms with Gasteiger partial charge in [-0.1, -0.05) is 0 Å². The van der Waals surface area contributed by atoms with Crippen LogP contribution in [0.3, 0.4) is 0 Å². The Morgan fingerprint density at radius 1 is 1.19 bits per heavy atom. The monoisotopic (exact) mass is 371 g/mol. The van der Waals surface area contributed by atoms with Crippen LogP contribution in [0, 0.1) is 5.82 Å². The molecule has 2 aromatic heterocycles. The molecule has 0 spiro atoms. The van der Waals surface area contributed by atoms with E-state index in [1.54, 1.807) is 12.1 Å². The minimum Gasteiger partial charge on any atom is -0.347 e. The number of aryl methyl sites for hydroxylation is 1. The molecule has 3 aromatic rings. The molecular formula is C19H18FN3O2S. The Bertz CT molecular complexity index is 1150. The van der Waals surface area contributed by atoms with Crippen molar-refractivity contribution in [1.82, 2.24) is 14.9 Å². The molecule has 2 atom stereocenters. The fraction of sp³-hybridized carbons (Fsp3) is 0.316. The number of pyridine rings is 1. The maximum absolute atomic E-state index is 13.5. The quantitative estimate of drug-likeness (QED) is 0.752. The summed E-state index contributed by atoms with van der Waals surface area (Å²) in [5.74, 6) is -0.662. The molecule has 134 valence electrons. The third-order valence-corrected chi connectivity index (χ3v) is 7.38. The van der Waals surface area contributed by atoms with Crippen molar-refractivity contribution in [3.05, 3.63) is 53.7 Å². The normalized spacial score (nSPS) is 21.9. The maximum Gasteiger partial charge on any atom is 0.208 e. The predicted molar refractivity (Wildman–Crippen MR) is 95.2 cm³/mol. The summed E-state index contributed by atoms with van der Waals surface area (Å²) in [5, 5.41) is 4.59. The van der Waals surface area contributed by atoms with Crippen LogP contribution in [0.2, 0.25) is 0 Å². The predicted octanol–water partition coefficient (Wildman–Crippen LogP) is 2.89. The van der Waals surface area contributed by atoms with Crippen molar-refractivity contribution >= 4 is 20.7 Å². The van der Waals surface area contributed by atoms with Crippen LogP contribution in [0.1, 0.15) is 30.1 Å². The molecule has 5 rings (SSSR count). The number of hydrogen-bond acceptors (Lipinski definition) is 4. The van der Waals surface area contributed by atoms with Gasteiger partial charge in [0.2, 0.25) is 9.84 Å². The fourth-order valence-electron chi connectivity index (χ4n) is 4.42. The number of rotatable bonds is 2. The van der Waals surface area contributed by atoms with E-state index in [0.717, 1.165) is 42.4 Å². The minimum atomic E-state index is -3.82. The summed E-state index contributed by atoms with van der Waals surface area (Å²) < 4.78 is 41.5. The largest absolute Gasteiger partial charge is 0.347 e. The lowest BCUT2D eigenvalue weighted by Crippen LogP contribution is -2.32. The van der Waals surface area contributed by atoms with E-state index in [9.17, 15) is 12.8 Å². The number of nitrogens with zero attached hydrogens (tertiary/aromatic N) is 2. The smallest absolute Gasteiger partial charge is 0.208 e. The second kappa shape index (κ2) is 5.37. The van der Waals surface area contributed by atoms with Gasteiger partial charge in [-0.3, -0.25) is 4.98 Å². The van der Waals surface area contributed by atoms with Gasteiger partial charge in [0.15, 0.2) is 0 Å². The highest BCUT2D eigenvalue weighted by Crippen LogP contribution is 2.42. The van der Waals surface area contributed by atoms with E-state index in [1.807, 2.05) is 13.1 Å². The molecule has 4 heterocycles. The summed E-state index contributed by atoms with van der Waals surface area (Å²) in [6.07, 6.45) is 5.37. The molecular weight excluding hydrogens is 353 g/mol. The van der Waals surface area contributed by atoms with Crippen LogP contribution < -0.4 is 5.32 Å². The number of benzene rings is 1. The Balaban J connectivity index is 1.72. The number of hydrogen-bond donors (Lipinski definition) is 1. The van der Waals surface area contributed by atoms with E-state index in [-0.39, 0.29) is 15.8 Å². The van der Waals surface area contributed by atoms with Gasteiger partial charge in [-0.2, -0.15) is 0 Å². The van der Waals surface area contributed by atoms with Crippen molar-refractivity contribution < 1.29 is 12.8 Å².